The Labute approximate surface area is 74.1 Å². The second-order valence-electron chi connectivity index (χ2n) is 3.16. The van der Waals surface area contributed by atoms with Crippen molar-refractivity contribution >= 4 is 10.0 Å². The Morgan fingerprint density at radius 1 is 1.58 bits per heavy atom. The van der Waals surface area contributed by atoms with Gasteiger partial charge in [0.1, 0.15) is 0 Å². The summed E-state index contributed by atoms with van der Waals surface area (Å²) in [4.78, 5) is 0. The molecular weight excluding hydrogens is 174 g/mol. The van der Waals surface area contributed by atoms with Crippen LogP contribution in [0.3, 0.4) is 0 Å². The fourth-order valence-corrected chi connectivity index (χ4v) is 2.74. The molecule has 0 fully saturated rings. The molecule has 0 aromatic rings. The van der Waals surface area contributed by atoms with Gasteiger partial charge in [0.25, 0.3) is 0 Å². The molecule has 1 heterocycles. The predicted octanol–water partition coefficient (Wildman–Crippen LogP) is 0.988. The first-order valence-electron chi connectivity index (χ1n) is 4.19. The van der Waals surface area contributed by atoms with Gasteiger partial charge in [-0.05, 0) is 13.3 Å². The molecule has 0 radical (unpaired) electrons. The van der Waals surface area contributed by atoms with Crippen molar-refractivity contribution in [3.05, 3.63) is 11.6 Å². The summed E-state index contributed by atoms with van der Waals surface area (Å²) in [5.41, 5.74) is 1.15. The van der Waals surface area contributed by atoms with E-state index < -0.39 is 10.0 Å². The molecule has 70 valence electrons. The van der Waals surface area contributed by atoms with Gasteiger partial charge in [-0.1, -0.05) is 18.6 Å². The summed E-state index contributed by atoms with van der Waals surface area (Å²) < 4.78 is 24.5. The van der Waals surface area contributed by atoms with E-state index in [2.05, 4.69) is 0 Å². The lowest BCUT2D eigenvalue weighted by Crippen LogP contribution is -2.30. The average Bonchev–Trinajstić information content (AvgIpc) is 2.36. The van der Waals surface area contributed by atoms with Crippen molar-refractivity contribution in [2.45, 2.75) is 20.3 Å². The second-order valence-corrected chi connectivity index (χ2v) is 5.25. The van der Waals surface area contributed by atoms with Crippen LogP contribution in [0.15, 0.2) is 11.6 Å². The summed E-state index contributed by atoms with van der Waals surface area (Å²) in [5.74, 6) is 0.272. The molecule has 0 unspecified atom stereocenters. The number of hydrogen-bond donors (Lipinski definition) is 0. The van der Waals surface area contributed by atoms with Crippen molar-refractivity contribution < 1.29 is 8.42 Å². The molecule has 0 spiro atoms. The van der Waals surface area contributed by atoms with Gasteiger partial charge in [-0.25, -0.2) is 8.42 Å². The number of hydrogen-bond acceptors (Lipinski definition) is 2. The van der Waals surface area contributed by atoms with Crippen molar-refractivity contribution in [2.24, 2.45) is 0 Å². The highest BCUT2D eigenvalue weighted by atomic mass is 32.2. The molecule has 3 nitrogen and oxygen atoms in total. The van der Waals surface area contributed by atoms with Crippen LogP contribution in [0.2, 0.25) is 0 Å². The first-order chi connectivity index (χ1) is 5.56. The molecule has 1 rings (SSSR count). The second kappa shape index (κ2) is 3.58. The lowest BCUT2D eigenvalue weighted by Gasteiger charge is -2.14. The summed E-state index contributed by atoms with van der Waals surface area (Å²) in [6.07, 6.45) is 2.66. The molecule has 0 atom stereocenters. The lowest BCUT2D eigenvalue weighted by molar-refractivity contribution is 0.483. The van der Waals surface area contributed by atoms with Crippen LogP contribution in [0, 0.1) is 0 Å². The normalized spacial score (nSPS) is 19.7. The molecule has 0 aromatic heterocycles. The van der Waals surface area contributed by atoms with E-state index in [1.807, 2.05) is 19.9 Å². The molecule has 12 heavy (non-hydrogen) atoms. The van der Waals surface area contributed by atoms with E-state index in [1.165, 1.54) is 4.31 Å². The number of rotatable bonds is 3. The lowest BCUT2D eigenvalue weighted by atomic mass is 10.3. The standard InChI is InChI=1S/C8H15NO2S/c1-3-6-12(10,11)9-5-4-8(2)7-9/h4H,3,5-7H2,1-2H3. The molecule has 0 amide bonds. The summed E-state index contributed by atoms with van der Waals surface area (Å²) in [6, 6.07) is 0. The molecule has 0 bridgehead atoms. The first-order valence-corrected chi connectivity index (χ1v) is 5.80. The molecule has 0 N–H and O–H groups in total. The Morgan fingerprint density at radius 2 is 2.25 bits per heavy atom. The number of sulfonamides is 1. The molecule has 0 aromatic carbocycles. The van der Waals surface area contributed by atoms with Gasteiger partial charge in [0.2, 0.25) is 10.0 Å². The maximum absolute atomic E-state index is 11.5. The average molecular weight is 189 g/mol. The van der Waals surface area contributed by atoms with Crippen molar-refractivity contribution in [1.82, 2.24) is 4.31 Å². The molecule has 4 heteroatoms. The van der Waals surface area contributed by atoms with Crippen LogP contribution < -0.4 is 0 Å². The highest BCUT2D eigenvalue weighted by molar-refractivity contribution is 7.89. The van der Waals surface area contributed by atoms with Crippen LogP contribution in [-0.2, 0) is 10.0 Å². The van der Waals surface area contributed by atoms with E-state index in [-0.39, 0.29) is 5.75 Å². The van der Waals surface area contributed by atoms with Crippen LogP contribution in [0.1, 0.15) is 20.3 Å². The topological polar surface area (TPSA) is 37.4 Å². The SMILES string of the molecule is CCCS(=O)(=O)N1CC=C(C)C1. The predicted molar refractivity (Wildman–Crippen MR) is 49.4 cm³/mol. The van der Waals surface area contributed by atoms with E-state index in [4.69, 9.17) is 0 Å². The molecule has 0 saturated heterocycles. The van der Waals surface area contributed by atoms with Crippen molar-refractivity contribution in [3.8, 4) is 0 Å². The Bertz CT molecular complexity index is 279. The maximum Gasteiger partial charge on any atom is 0.214 e. The van der Waals surface area contributed by atoms with Gasteiger partial charge >= 0.3 is 0 Å². The fourth-order valence-electron chi connectivity index (χ4n) is 1.26. The van der Waals surface area contributed by atoms with Gasteiger partial charge < -0.3 is 0 Å². The van der Waals surface area contributed by atoms with E-state index in [1.54, 1.807) is 0 Å². The summed E-state index contributed by atoms with van der Waals surface area (Å²) in [5, 5.41) is 0. The van der Waals surface area contributed by atoms with E-state index in [0.29, 0.717) is 19.5 Å². The maximum atomic E-state index is 11.5. The number of nitrogens with zero attached hydrogens (tertiary/aromatic N) is 1. The third-order valence-electron chi connectivity index (χ3n) is 1.92. The van der Waals surface area contributed by atoms with Gasteiger partial charge in [0, 0.05) is 13.1 Å². The van der Waals surface area contributed by atoms with Crippen molar-refractivity contribution in [3.63, 3.8) is 0 Å². The highest BCUT2D eigenvalue weighted by Crippen LogP contribution is 2.13. The largest absolute Gasteiger partial charge is 0.214 e. The van der Waals surface area contributed by atoms with Gasteiger partial charge in [0.15, 0.2) is 0 Å². The van der Waals surface area contributed by atoms with Crippen LogP contribution in [0.5, 0.6) is 0 Å². The minimum absolute atomic E-state index is 0.272. The van der Waals surface area contributed by atoms with Crippen LogP contribution in [0.25, 0.3) is 0 Å². The summed E-state index contributed by atoms with van der Waals surface area (Å²) >= 11 is 0. The first kappa shape index (κ1) is 9.74. The third kappa shape index (κ3) is 2.08. The van der Waals surface area contributed by atoms with E-state index in [9.17, 15) is 8.42 Å². The van der Waals surface area contributed by atoms with Gasteiger partial charge in [-0.15, -0.1) is 0 Å². The van der Waals surface area contributed by atoms with Crippen molar-refractivity contribution in [1.29, 1.82) is 0 Å². The zero-order chi connectivity index (χ0) is 9.19. The summed E-state index contributed by atoms with van der Waals surface area (Å²) in [6.45, 7) is 4.99. The Balaban J connectivity index is 2.61. The Hall–Kier alpha value is -0.350. The Morgan fingerprint density at radius 3 is 2.67 bits per heavy atom. The highest BCUT2D eigenvalue weighted by Gasteiger charge is 2.23. The zero-order valence-corrected chi connectivity index (χ0v) is 8.39. The smallest absolute Gasteiger partial charge is 0.212 e. The van der Waals surface area contributed by atoms with Gasteiger partial charge in [-0.2, -0.15) is 4.31 Å². The minimum atomic E-state index is -2.96. The fraction of sp³-hybridized carbons (Fsp3) is 0.750. The molecule has 0 aliphatic carbocycles. The van der Waals surface area contributed by atoms with E-state index in [0.717, 1.165) is 5.57 Å². The summed E-state index contributed by atoms with van der Waals surface area (Å²) in [7, 11) is -2.96. The third-order valence-corrected chi connectivity index (χ3v) is 3.91. The Kier molecular flexibility index (Phi) is 2.90. The quantitative estimate of drug-likeness (QED) is 0.621. The van der Waals surface area contributed by atoms with Gasteiger partial charge in [0.05, 0.1) is 5.75 Å². The molecular formula is C8H15NO2S. The van der Waals surface area contributed by atoms with Crippen LogP contribution in [-0.4, -0.2) is 31.6 Å². The minimum Gasteiger partial charge on any atom is -0.212 e. The molecule has 1 aliphatic heterocycles. The van der Waals surface area contributed by atoms with Crippen LogP contribution in [0.4, 0.5) is 0 Å². The molecule has 0 saturated carbocycles. The van der Waals surface area contributed by atoms with Gasteiger partial charge in [-0.3, -0.25) is 0 Å². The monoisotopic (exact) mass is 189 g/mol. The zero-order valence-electron chi connectivity index (χ0n) is 7.58. The molecule has 1 aliphatic rings. The van der Waals surface area contributed by atoms with Crippen LogP contribution >= 0.6 is 0 Å². The van der Waals surface area contributed by atoms with Crippen molar-refractivity contribution in [2.75, 3.05) is 18.8 Å². The van der Waals surface area contributed by atoms with E-state index >= 15 is 0 Å².